The molecule has 206 valence electrons. The lowest BCUT2D eigenvalue weighted by Gasteiger charge is -2.28. The highest BCUT2D eigenvalue weighted by molar-refractivity contribution is 6.15. The number of aliphatic hydroxyl groups is 2. The highest BCUT2D eigenvalue weighted by Gasteiger charge is 2.53. The van der Waals surface area contributed by atoms with Crippen molar-refractivity contribution in [3.63, 3.8) is 0 Å². The van der Waals surface area contributed by atoms with Crippen molar-refractivity contribution >= 4 is 28.9 Å². The number of aliphatic hydroxyl groups excluding tert-OH is 1. The third kappa shape index (κ3) is 4.49. The molecule has 7 nitrogen and oxygen atoms in total. The highest BCUT2D eigenvalue weighted by Crippen LogP contribution is 2.49. The number of amides is 2. The van der Waals surface area contributed by atoms with Gasteiger partial charge in [0.1, 0.15) is 5.75 Å². The van der Waals surface area contributed by atoms with Crippen molar-refractivity contribution in [2.45, 2.75) is 25.5 Å². The summed E-state index contributed by atoms with van der Waals surface area (Å²) in [5.74, 6) is -0.352. The fraction of sp³-hybridized carbons (Fsp3) is 0.176. The largest absolute Gasteiger partial charge is 0.454 e. The third-order valence-corrected chi connectivity index (χ3v) is 7.72. The second kappa shape index (κ2) is 10.7. The van der Waals surface area contributed by atoms with Crippen molar-refractivity contribution in [1.29, 1.82) is 0 Å². The molecule has 0 fully saturated rings. The summed E-state index contributed by atoms with van der Waals surface area (Å²) in [5.41, 5.74) is 1.50. The van der Waals surface area contributed by atoms with Crippen LogP contribution >= 0.6 is 0 Å². The highest BCUT2D eigenvalue weighted by atomic mass is 16.5. The van der Waals surface area contributed by atoms with E-state index in [1.54, 1.807) is 71.3 Å². The predicted octanol–water partition coefficient (Wildman–Crippen LogP) is 6.08. The molecule has 0 saturated heterocycles. The van der Waals surface area contributed by atoms with Crippen LogP contribution in [0, 0.1) is 5.92 Å². The summed E-state index contributed by atoms with van der Waals surface area (Å²) in [6.07, 6.45) is 3.93. The van der Waals surface area contributed by atoms with Crippen molar-refractivity contribution in [1.82, 2.24) is 0 Å². The van der Waals surface area contributed by atoms with Gasteiger partial charge in [0.15, 0.2) is 11.4 Å². The molecular formula is C34H30N2O5. The van der Waals surface area contributed by atoms with Crippen LogP contribution in [0.2, 0.25) is 0 Å². The molecule has 0 spiro atoms. The first-order valence-corrected chi connectivity index (χ1v) is 13.6. The van der Waals surface area contributed by atoms with Gasteiger partial charge in [0, 0.05) is 23.8 Å². The molecule has 2 atom stereocenters. The van der Waals surface area contributed by atoms with Crippen LogP contribution in [-0.2, 0) is 16.9 Å². The minimum absolute atomic E-state index is 0.0313. The first-order valence-electron chi connectivity index (χ1n) is 13.6. The molecule has 0 aliphatic carbocycles. The molecular weight excluding hydrogens is 516 g/mol. The number of fused-ring (bicyclic) bond motifs is 3. The number of nitrogens with zero attached hydrogens (tertiary/aromatic N) is 2. The minimum atomic E-state index is -1.88. The number of hydrogen-bond acceptors (Lipinski definition) is 5. The number of para-hydroxylation sites is 3. The van der Waals surface area contributed by atoms with E-state index in [0.29, 0.717) is 46.1 Å². The smallest absolute Gasteiger partial charge is 0.266 e. The Hall–Kier alpha value is -4.72. The average molecular weight is 547 g/mol. The zero-order chi connectivity index (χ0) is 28.6. The maximum atomic E-state index is 14.0. The molecule has 0 unspecified atom stereocenters. The zero-order valence-corrected chi connectivity index (χ0v) is 22.6. The molecule has 6 rings (SSSR count). The maximum Gasteiger partial charge on any atom is 0.266 e. The molecule has 2 N–H and O–H groups in total. The summed E-state index contributed by atoms with van der Waals surface area (Å²) in [6, 6.07) is 29.3. The lowest BCUT2D eigenvalue weighted by atomic mass is 9.82. The Bertz CT molecular complexity index is 1650. The second-order valence-corrected chi connectivity index (χ2v) is 10.3. The van der Waals surface area contributed by atoms with Gasteiger partial charge in [-0.05, 0) is 54.4 Å². The molecule has 0 radical (unpaired) electrons. The fourth-order valence-corrected chi connectivity index (χ4v) is 5.58. The molecule has 0 bridgehead atoms. The van der Waals surface area contributed by atoms with Crippen molar-refractivity contribution in [2.75, 3.05) is 16.4 Å². The number of carbonyl (C=O) groups excluding carboxylic acids is 2. The van der Waals surface area contributed by atoms with Crippen LogP contribution in [0.4, 0.5) is 17.1 Å². The van der Waals surface area contributed by atoms with Gasteiger partial charge in [0.25, 0.3) is 11.8 Å². The van der Waals surface area contributed by atoms with Gasteiger partial charge in [-0.25, -0.2) is 0 Å². The maximum absolute atomic E-state index is 14.0. The molecule has 2 heterocycles. The van der Waals surface area contributed by atoms with Crippen molar-refractivity contribution in [3.8, 4) is 11.5 Å². The van der Waals surface area contributed by atoms with Gasteiger partial charge in [-0.2, -0.15) is 0 Å². The van der Waals surface area contributed by atoms with E-state index in [9.17, 15) is 19.8 Å². The molecule has 2 amide bonds. The van der Waals surface area contributed by atoms with Gasteiger partial charge in [-0.1, -0.05) is 73.7 Å². The topological polar surface area (TPSA) is 90.3 Å². The van der Waals surface area contributed by atoms with Gasteiger partial charge in [-0.3, -0.25) is 14.5 Å². The molecule has 4 aromatic carbocycles. The number of benzene rings is 4. The van der Waals surface area contributed by atoms with Crippen LogP contribution in [0.15, 0.2) is 109 Å². The first-order chi connectivity index (χ1) is 19.9. The normalized spacial score (nSPS) is 18.5. The zero-order valence-electron chi connectivity index (χ0n) is 22.6. The van der Waals surface area contributed by atoms with Crippen LogP contribution in [0.1, 0.15) is 34.8 Å². The Balaban J connectivity index is 1.50. The number of hydrogen-bond donors (Lipinski definition) is 2. The Kier molecular flexibility index (Phi) is 6.91. The lowest BCUT2D eigenvalue weighted by Crippen LogP contribution is -2.44. The van der Waals surface area contributed by atoms with Gasteiger partial charge in [0.05, 0.1) is 23.5 Å². The van der Waals surface area contributed by atoms with Crippen LogP contribution in [0.25, 0.3) is 0 Å². The Morgan fingerprint density at radius 2 is 1.59 bits per heavy atom. The molecule has 0 aromatic heterocycles. The molecule has 0 saturated carbocycles. The average Bonchev–Trinajstić information content (AvgIpc) is 3.12. The lowest BCUT2D eigenvalue weighted by molar-refractivity contribution is -0.139. The molecule has 7 heteroatoms. The number of carbonyl (C=O) groups is 2. The van der Waals surface area contributed by atoms with E-state index in [0.717, 1.165) is 5.56 Å². The van der Waals surface area contributed by atoms with E-state index in [1.165, 1.54) is 0 Å². The summed E-state index contributed by atoms with van der Waals surface area (Å²) >= 11 is 0. The quantitative estimate of drug-likeness (QED) is 0.274. The van der Waals surface area contributed by atoms with E-state index in [2.05, 4.69) is 0 Å². The van der Waals surface area contributed by atoms with Gasteiger partial charge in [0.2, 0.25) is 0 Å². The molecule has 2 aliphatic heterocycles. The fourth-order valence-electron chi connectivity index (χ4n) is 5.58. The summed E-state index contributed by atoms with van der Waals surface area (Å²) < 4.78 is 6.15. The summed E-state index contributed by atoms with van der Waals surface area (Å²) in [6.45, 7) is 2.04. The monoisotopic (exact) mass is 546 g/mol. The number of anilines is 3. The standard InChI is InChI=1S/C34H30N2O5/c1-23(11-9-10-20-37)34(40)27-21-25(18-19-28(27)35(33(34)39)22-24-12-3-2-4-13-24)36-29-15-6-8-17-31(29)41-30-16-7-5-14-26(30)32(36)38/h2-9,11-19,21,23,37,40H,10,20,22H2,1H3/b11-9+/t23-,34+/m0/s1. The number of ether oxygens (including phenoxy) is 1. The van der Waals surface area contributed by atoms with E-state index in [4.69, 9.17) is 4.74 Å². The van der Waals surface area contributed by atoms with Gasteiger partial charge in [-0.15, -0.1) is 0 Å². The SMILES string of the molecule is C[C@@H](/C=C/CCO)[C@]1(O)C(=O)N(Cc2ccccc2)c2ccc(N3C(=O)c4ccccc4Oc4ccccc43)cc21. The predicted molar refractivity (Wildman–Crippen MR) is 157 cm³/mol. The first kappa shape index (κ1) is 26.5. The van der Waals surface area contributed by atoms with E-state index in [1.807, 2.05) is 54.6 Å². The summed E-state index contributed by atoms with van der Waals surface area (Å²) in [4.78, 5) is 31.2. The van der Waals surface area contributed by atoms with E-state index < -0.39 is 17.4 Å². The Morgan fingerprint density at radius 1 is 0.878 bits per heavy atom. The number of rotatable bonds is 7. The summed E-state index contributed by atoms with van der Waals surface area (Å²) in [7, 11) is 0. The van der Waals surface area contributed by atoms with Crippen LogP contribution < -0.4 is 14.5 Å². The van der Waals surface area contributed by atoms with Crippen molar-refractivity contribution in [2.24, 2.45) is 5.92 Å². The Morgan fingerprint density at radius 3 is 2.37 bits per heavy atom. The van der Waals surface area contributed by atoms with Crippen LogP contribution in [0.3, 0.4) is 0 Å². The molecule has 4 aromatic rings. The van der Waals surface area contributed by atoms with Crippen molar-refractivity contribution in [3.05, 3.63) is 126 Å². The van der Waals surface area contributed by atoms with Crippen LogP contribution in [-0.4, -0.2) is 28.6 Å². The van der Waals surface area contributed by atoms with Crippen LogP contribution in [0.5, 0.6) is 11.5 Å². The third-order valence-electron chi connectivity index (χ3n) is 7.72. The van der Waals surface area contributed by atoms with Gasteiger partial charge >= 0.3 is 0 Å². The van der Waals surface area contributed by atoms with Gasteiger partial charge < -0.3 is 19.8 Å². The van der Waals surface area contributed by atoms with E-state index in [-0.39, 0.29) is 19.1 Å². The molecule has 2 aliphatic rings. The minimum Gasteiger partial charge on any atom is -0.454 e. The van der Waals surface area contributed by atoms with E-state index >= 15 is 0 Å². The second-order valence-electron chi connectivity index (χ2n) is 10.3. The Labute approximate surface area is 238 Å². The summed E-state index contributed by atoms with van der Waals surface area (Å²) in [5, 5.41) is 21.5. The molecule has 41 heavy (non-hydrogen) atoms. The van der Waals surface area contributed by atoms with Crippen molar-refractivity contribution < 1.29 is 24.5 Å².